The van der Waals surface area contributed by atoms with Gasteiger partial charge in [0.05, 0.1) is 31.4 Å². The molecule has 0 saturated heterocycles. The molecule has 2 aliphatic heterocycles. The topological polar surface area (TPSA) is 65.7 Å². The summed E-state index contributed by atoms with van der Waals surface area (Å²) in [5, 5.41) is 9.87. The zero-order valence-corrected chi connectivity index (χ0v) is 19.2. The van der Waals surface area contributed by atoms with Crippen LogP contribution < -0.4 is 4.74 Å². The number of nitrogens with zero attached hydrogens (tertiary/aromatic N) is 2. The SMILES string of the molecule is C[Si](C)(C)CCOCn1cc(C2=CCOCC2)nc1C1COc2ccc(O)cc2C1. The lowest BCUT2D eigenvalue weighted by atomic mass is 9.96. The van der Waals surface area contributed by atoms with Crippen molar-refractivity contribution in [3.8, 4) is 11.5 Å². The predicted molar refractivity (Wildman–Crippen MR) is 120 cm³/mol. The molecule has 7 heteroatoms. The van der Waals surface area contributed by atoms with E-state index in [1.165, 1.54) is 5.57 Å². The normalized spacial score (nSPS) is 19.2. The third-order valence-corrected chi connectivity index (χ3v) is 7.35. The average molecular weight is 429 g/mol. The molecule has 1 aromatic carbocycles. The summed E-state index contributed by atoms with van der Waals surface area (Å²) < 4.78 is 19.6. The van der Waals surface area contributed by atoms with Gasteiger partial charge in [0.25, 0.3) is 0 Å². The first-order valence-corrected chi connectivity index (χ1v) is 14.5. The van der Waals surface area contributed by atoms with Gasteiger partial charge in [0.2, 0.25) is 0 Å². The molecule has 162 valence electrons. The molecule has 1 atom stereocenters. The van der Waals surface area contributed by atoms with E-state index in [1.54, 1.807) is 12.1 Å². The molecular formula is C23H32N2O4Si. The van der Waals surface area contributed by atoms with Gasteiger partial charge in [-0.2, -0.15) is 0 Å². The Morgan fingerprint density at radius 1 is 1.30 bits per heavy atom. The second kappa shape index (κ2) is 8.96. The van der Waals surface area contributed by atoms with E-state index < -0.39 is 8.07 Å². The molecule has 2 aromatic rings. The van der Waals surface area contributed by atoms with Gasteiger partial charge in [0, 0.05) is 20.9 Å². The first-order valence-electron chi connectivity index (χ1n) is 10.8. The standard InChI is InChI=1S/C23H32N2O4Si/c1-30(2,3)11-10-28-16-25-14-21(17-6-8-27-9-7-17)24-23(25)19-12-18-13-20(26)4-5-22(18)29-15-19/h4-6,13-14,19,26H,7-12,15-16H2,1-3H3. The molecule has 6 nitrogen and oxygen atoms in total. The smallest absolute Gasteiger partial charge is 0.124 e. The third kappa shape index (κ3) is 5.14. The highest BCUT2D eigenvalue weighted by molar-refractivity contribution is 6.76. The van der Waals surface area contributed by atoms with Crippen LogP contribution in [0.4, 0.5) is 0 Å². The van der Waals surface area contributed by atoms with Crippen LogP contribution >= 0.6 is 0 Å². The number of rotatable bonds is 7. The number of phenolic OH excluding ortho intramolecular Hbond substituents is 1. The van der Waals surface area contributed by atoms with Crippen LogP contribution in [0.1, 0.15) is 29.4 Å². The Morgan fingerprint density at radius 2 is 2.17 bits per heavy atom. The van der Waals surface area contributed by atoms with Gasteiger partial charge in [-0.15, -0.1) is 0 Å². The Kier molecular flexibility index (Phi) is 6.31. The maximum absolute atomic E-state index is 9.87. The quantitative estimate of drug-likeness (QED) is 0.522. The first kappa shape index (κ1) is 21.2. The second-order valence-electron chi connectivity index (χ2n) is 9.36. The lowest BCUT2D eigenvalue weighted by molar-refractivity contribution is 0.0830. The molecule has 2 aliphatic rings. The van der Waals surface area contributed by atoms with Crippen LogP contribution in [-0.2, 0) is 22.6 Å². The summed E-state index contributed by atoms with van der Waals surface area (Å²) in [5.74, 6) is 2.22. The number of aromatic nitrogens is 2. The second-order valence-corrected chi connectivity index (χ2v) is 15.0. The van der Waals surface area contributed by atoms with E-state index in [-0.39, 0.29) is 11.7 Å². The average Bonchev–Trinajstić information content (AvgIpc) is 3.15. The van der Waals surface area contributed by atoms with Gasteiger partial charge in [-0.3, -0.25) is 0 Å². The van der Waals surface area contributed by atoms with Crippen molar-refractivity contribution in [3.05, 3.63) is 47.6 Å². The van der Waals surface area contributed by atoms with Crippen LogP contribution in [0, 0.1) is 0 Å². The van der Waals surface area contributed by atoms with E-state index >= 15 is 0 Å². The van der Waals surface area contributed by atoms with Gasteiger partial charge < -0.3 is 23.9 Å². The maximum atomic E-state index is 9.87. The van der Waals surface area contributed by atoms with Crippen molar-refractivity contribution in [1.82, 2.24) is 9.55 Å². The minimum Gasteiger partial charge on any atom is -0.508 e. The van der Waals surface area contributed by atoms with E-state index in [0.29, 0.717) is 19.9 Å². The molecule has 0 spiro atoms. The molecule has 1 aromatic heterocycles. The van der Waals surface area contributed by atoms with Gasteiger partial charge in [-0.25, -0.2) is 4.98 Å². The van der Waals surface area contributed by atoms with Crippen LogP contribution in [0.3, 0.4) is 0 Å². The number of hydrogen-bond donors (Lipinski definition) is 1. The van der Waals surface area contributed by atoms with E-state index in [4.69, 9.17) is 19.2 Å². The molecule has 0 aliphatic carbocycles. The van der Waals surface area contributed by atoms with Crippen molar-refractivity contribution in [2.45, 2.75) is 51.2 Å². The van der Waals surface area contributed by atoms with Crippen LogP contribution in [0.15, 0.2) is 30.5 Å². The largest absolute Gasteiger partial charge is 0.508 e. The van der Waals surface area contributed by atoms with Crippen LogP contribution in [-0.4, -0.2) is 49.2 Å². The van der Waals surface area contributed by atoms with E-state index in [9.17, 15) is 5.11 Å². The number of fused-ring (bicyclic) bond motifs is 1. The molecule has 0 fully saturated rings. The van der Waals surface area contributed by atoms with Gasteiger partial charge in [-0.1, -0.05) is 25.7 Å². The first-order chi connectivity index (χ1) is 14.4. The number of ether oxygens (including phenoxy) is 3. The zero-order valence-electron chi connectivity index (χ0n) is 18.2. The van der Waals surface area contributed by atoms with Gasteiger partial charge in [0.15, 0.2) is 0 Å². The molecule has 0 bridgehead atoms. The highest BCUT2D eigenvalue weighted by Crippen LogP contribution is 2.35. The Bertz CT molecular complexity index is 916. The minimum absolute atomic E-state index is 0.120. The maximum Gasteiger partial charge on any atom is 0.124 e. The summed E-state index contributed by atoms with van der Waals surface area (Å²) in [6.07, 6.45) is 5.90. The molecule has 0 saturated carbocycles. The fraction of sp³-hybridized carbons (Fsp3) is 0.522. The van der Waals surface area contributed by atoms with Crippen LogP contribution in [0.5, 0.6) is 11.5 Å². The Labute approximate surface area is 179 Å². The monoisotopic (exact) mass is 428 g/mol. The van der Waals surface area contributed by atoms with Crippen molar-refractivity contribution in [2.24, 2.45) is 0 Å². The van der Waals surface area contributed by atoms with Gasteiger partial charge in [-0.05, 0) is 48.2 Å². The highest BCUT2D eigenvalue weighted by atomic mass is 28.3. The van der Waals surface area contributed by atoms with Crippen molar-refractivity contribution >= 4 is 13.6 Å². The Morgan fingerprint density at radius 3 is 2.93 bits per heavy atom. The summed E-state index contributed by atoms with van der Waals surface area (Å²) >= 11 is 0. The Balaban J connectivity index is 1.55. The lowest BCUT2D eigenvalue weighted by Gasteiger charge is -2.25. The summed E-state index contributed by atoms with van der Waals surface area (Å²) in [6.45, 7) is 10.3. The molecule has 0 radical (unpaired) electrons. The fourth-order valence-corrected chi connectivity index (χ4v) is 4.62. The summed E-state index contributed by atoms with van der Waals surface area (Å²) in [5.41, 5.74) is 3.26. The molecule has 1 unspecified atom stereocenters. The summed E-state index contributed by atoms with van der Waals surface area (Å²) in [4.78, 5) is 5.01. The van der Waals surface area contributed by atoms with Gasteiger partial charge in [0.1, 0.15) is 24.1 Å². The predicted octanol–water partition coefficient (Wildman–Crippen LogP) is 4.42. The molecule has 4 rings (SSSR count). The molecule has 30 heavy (non-hydrogen) atoms. The lowest BCUT2D eigenvalue weighted by Crippen LogP contribution is -2.24. The summed E-state index contributed by atoms with van der Waals surface area (Å²) in [6, 6.07) is 6.44. The highest BCUT2D eigenvalue weighted by Gasteiger charge is 2.27. The number of imidazole rings is 1. The van der Waals surface area contributed by atoms with Crippen molar-refractivity contribution in [1.29, 1.82) is 0 Å². The Hall–Kier alpha value is -2.09. The van der Waals surface area contributed by atoms with E-state index in [2.05, 4.69) is 36.5 Å². The summed E-state index contributed by atoms with van der Waals surface area (Å²) in [7, 11) is -1.12. The molecule has 3 heterocycles. The van der Waals surface area contributed by atoms with E-state index in [1.807, 2.05) is 6.07 Å². The molecular weight excluding hydrogens is 396 g/mol. The van der Waals surface area contributed by atoms with Gasteiger partial charge >= 0.3 is 0 Å². The number of hydrogen-bond acceptors (Lipinski definition) is 5. The number of benzene rings is 1. The van der Waals surface area contributed by atoms with Crippen LogP contribution in [0.2, 0.25) is 25.7 Å². The minimum atomic E-state index is -1.12. The number of aromatic hydroxyl groups is 1. The van der Waals surface area contributed by atoms with E-state index in [0.717, 1.165) is 54.9 Å². The van der Waals surface area contributed by atoms with Crippen molar-refractivity contribution in [3.63, 3.8) is 0 Å². The van der Waals surface area contributed by atoms with Crippen molar-refractivity contribution < 1.29 is 19.3 Å². The van der Waals surface area contributed by atoms with Crippen molar-refractivity contribution in [2.75, 3.05) is 26.4 Å². The third-order valence-electron chi connectivity index (χ3n) is 5.64. The molecule has 0 amide bonds. The molecule has 1 N–H and O–H groups in total. The number of phenols is 1. The zero-order chi connectivity index (χ0) is 21.1. The van der Waals surface area contributed by atoms with Crippen LogP contribution in [0.25, 0.3) is 5.57 Å². The fourth-order valence-electron chi connectivity index (χ4n) is 3.86.